The average molecular weight is 334 g/mol. The second kappa shape index (κ2) is 8.77. The molecule has 0 unspecified atom stereocenters. The number of rotatable bonds is 0. The van der Waals surface area contributed by atoms with E-state index in [0.717, 1.165) is 0 Å². The Kier molecular flexibility index (Phi) is 6.71. The van der Waals surface area contributed by atoms with E-state index in [9.17, 15) is 0 Å². The van der Waals surface area contributed by atoms with Crippen LogP contribution in [-0.2, 0) is 20.0 Å². The van der Waals surface area contributed by atoms with Crippen molar-refractivity contribution in [2.75, 3.05) is 0 Å². The van der Waals surface area contributed by atoms with Crippen molar-refractivity contribution in [2.24, 2.45) is 0 Å². The Labute approximate surface area is 150 Å². The van der Waals surface area contributed by atoms with E-state index in [1.807, 2.05) is 31.2 Å². The van der Waals surface area contributed by atoms with Gasteiger partial charge in [-0.3, -0.25) is 0 Å². The van der Waals surface area contributed by atoms with E-state index in [1.165, 1.54) is 32.7 Å². The molecular weight excluding hydrogens is 312 g/mol. The van der Waals surface area contributed by atoms with Crippen molar-refractivity contribution in [3.8, 4) is 0 Å². The topological polar surface area (TPSA) is 0 Å². The van der Waals surface area contributed by atoms with Gasteiger partial charge in [-0.2, -0.15) is 24.3 Å². The van der Waals surface area contributed by atoms with Gasteiger partial charge in [0.15, 0.2) is 0 Å². The Morgan fingerprint density at radius 1 is 0.739 bits per heavy atom. The van der Waals surface area contributed by atoms with Crippen molar-refractivity contribution >= 4 is 25.9 Å². The van der Waals surface area contributed by atoms with Crippen LogP contribution in [-0.4, -0.2) is 4.31 Å². The fourth-order valence-corrected chi connectivity index (χ4v) is 2.49. The number of hydrogen-bond acceptors (Lipinski definition) is 0. The smallest absolute Gasteiger partial charge is 0.0486 e. The second-order valence-corrected chi connectivity index (χ2v) is 6.51. The summed E-state index contributed by atoms with van der Waals surface area (Å²) in [6.45, 7) is 6.24. The summed E-state index contributed by atoms with van der Waals surface area (Å²) in [7, 11) is 0. The predicted octanol–water partition coefficient (Wildman–Crippen LogP) is 6.09. The van der Waals surface area contributed by atoms with Crippen molar-refractivity contribution < 1.29 is 20.0 Å². The van der Waals surface area contributed by atoms with Crippen LogP contribution in [0.2, 0.25) is 0 Å². The predicted molar refractivity (Wildman–Crippen MR) is 100 cm³/mol. The Bertz CT molecular complexity index is 805. The maximum Gasteiger partial charge on any atom is -0.0486 e. The summed E-state index contributed by atoms with van der Waals surface area (Å²) in [5.41, 5.74) is 2.66. The van der Waals surface area contributed by atoms with Crippen molar-refractivity contribution in [1.29, 1.82) is 0 Å². The third-order valence-corrected chi connectivity index (χ3v) is 3.59. The molecule has 0 atom stereocenters. The van der Waals surface area contributed by atoms with Crippen LogP contribution in [0, 0.1) is 13.8 Å². The molecule has 0 amide bonds. The molecule has 4 aromatic rings. The van der Waals surface area contributed by atoms with Crippen LogP contribution in [0.15, 0.2) is 72.8 Å². The van der Waals surface area contributed by atoms with Crippen LogP contribution in [0.4, 0.5) is 0 Å². The maximum atomic E-state index is 2.20. The van der Waals surface area contributed by atoms with Crippen molar-refractivity contribution in [3.63, 3.8) is 0 Å². The molecule has 0 saturated carbocycles. The molecule has 4 rings (SSSR count). The summed E-state index contributed by atoms with van der Waals surface area (Å²) in [6, 6.07) is 25.7. The van der Waals surface area contributed by atoms with Gasteiger partial charge in [0.25, 0.3) is 0 Å². The van der Waals surface area contributed by atoms with Crippen LogP contribution in [0.1, 0.15) is 18.1 Å². The van der Waals surface area contributed by atoms with Crippen LogP contribution in [0.3, 0.4) is 0 Å². The normalized spacial score (nSPS) is 9.78. The third kappa shape index (κ3) is 5.13. The molecule has 0 bridgehead atoms. The van der Waals surface area contributed by atoms with E-state index < -0.39 is 0 Å². The van der Waals surface area contributed by atoms with Gasteiger partial charge in [0, 0.05) is 0 Å². The number of benzene rings is 2. The summed E-state index contributed by atoms with van der Waals surface area (Å²) >= 11 is 2.00. The van der Waals surface area contributed by atoms with E-state index >= 15 is 0 Å². The summed E-state index contributed by atoms with van der Waals surface area (Å²) in [5.74, 6) is 0. The van der Waals surface area contributed by atoms with Crippen LogP contribution < -0.4 is 0 Å². The molecule has 0 aliphatic heterocycles. The zero-order chi connectivity index (χ0) is 16.7. The molecule has 0 heterocycles. The van der Waals surface area contributed by atoms with Gasteiger partial charge in [0.1, 0.15) is 0 Å². The Balaban J connectivity index is 0.000000143. The Morgan fingerprint density at radius 2 is 1.13 bits per heavy atom. The molecular formula is C22H22Ti. The number of fused-ring (bicyclic) bond motifs is 2. The number of hydrogen-bond donors (Lipinski definition) is 0. The van der Waals surface area contributed by atoms with Gasteiger partial charge in [-0.1, -0.05) is 23.3 Å². The SMILES string of the molecule is C[CH]=[Ti+2].Cc1ccc2cc[cH-]c2c1.Cc1ccc2cc[cH-]c2c1. The van der Waals surface area contributed by atoms with E-state index in [0.29, 0.717) is 0 Å². The minimum Gasteiger partial charge on any atom is -0.168 e. The van der Waals surface area contributed by atoms with Gasteiger partial charge in [0.05, 0.1) is 0 Å². The van der Waals surface area contributed by atoms with E-state index in [-0.39, 0.29) is 0 Å². The first kappa shape index (κ1) is 17.6. The zero-order valence-electron chi connectivity index (χ0n) is 14.0. The van der Waals surface area contributed by atoms with Crippen LogP contribution in [0.25, 0.3) is 21.5 Å². The van der Waals surface area contributed by atoms with Crippen LogP contribution >= 0.6 is 0 Å². The van der Waals surface area contributed by atoms with Gasteiger partial charge in [-0.25, -0.2) is 0 Å². The molecule has 0 nitrogen and oxygen atoms in total. The first-order chi connectivity index (χ1) is 11.1. The fraction of sp³-hybridized carbons (Fsp3) is 0.136. The molecule has 1 heteroatoms. The standard InChI is InChI=1S/2C10H9.C2H4.Ti/c2*1-8-5-6-9-3-2-4-10(9)7-8;1-2;/h2*2-7H,1H3;1H,2H3;/q2*-1;;+2. The average Bonchev–Trinajstić information content (AvgIpc) is 3.16. The maximum absolute atomic E-state index is 2.20. The Hall–Kier alpha value is -1.76. The molecule has 0 N–H and O–H groups in total. The second-order valence-electron chi connectivity index (χ2n) is 5.60. The molecule has 0 radical (unpaired) electrons. The summed E-state index contributed by atoms with van der Waals surface area (Å²) in [4.78, 5) is 0. The first-order valence-corrected chi connectivity index (χ1v) is 8.73. The summed E-state index contributed by atoms with van der Waals surface area (Å²) < 4.78 is 2.00. The fourth-order valence-electron chi connectivity index (χ4n) is 2.49. The molecule has 0 fully saturated rings. The molecule has 0 spiro atoms. The zero-order valence-corrected chi connectivity index (χ0v) is 15.6. The van der Waals surface area contributed by atoms with Crippen molar-refractivity contribution in [1.82, 2.24) is 0 Å². The molecule has 4 aromatic carbocycles. The van der Waals surface area contributed by atoms with Crippen LogP contribution in [0.5, 0.6) is 0 Å². The quantitative estimate of drug-likeness (QED) is 0.270. The monoisotopic (exact) mass is 334 g/mol. The van der Waals surface area contributed by atoms with Gasteiger partial charge >= 0.3 is 31.2 Å². The summed E-state index contributed by atoms with van der Waals surface area (Å²) in [5, 5.41) is 5.37. The van der Waals surface area contributed by atoms with Crippen molar-refractivity contribution in [3.05, 3.63) is 83.9 Å². The molecule has 0 saturated heterocycles. The first-order valence-electron chi connectivity index (χ1n) is 7.83. The third-order valence-electron chi connectivity index (χ3n) is 3.59. The molecule has 0 aliphatic rings. The molecule has 114 valence electrons. The van der Waals surface area contributed by atoms with E-state index in [1.54, 1.807) is 0 Å². The van der Waals surface area contributed by atoms with E-state index in [2.05, 4.69) is 86.6 Å². The van der Waals surface area contributed by atoms with Gasteiger partial charge in [-0.05, 0) is 13.8 Å². The van der Waals surface area contributed by atoms with Gasteiger partial charge < -0.3 is 0 Å². The van der Waals surface area contributed by atoms with E-state index in [4.69, 9.17) is 0 Å². The minimum atomic E-state index is 1.33. The van der Waals surface area contributed by atoms with Gasteiger partial charge in [-0.15, -0.1) is 57.9 Å². The molecule has 0 aromatic heterocycles. The summed E-state index contributed by atoms with van der Waals surface area (Å²) in [6.07, 6.45) is 0. The largest absolute Gasteiger partial charge is 0.168 e. The minimum absolute atomic E-state index is 1.33. The van der Waals surface area contributed by atoms with Gasteiger partial charge in [0.2, 0.25) is 0 Å². The van der Waals surface area contributed by atoms with Crippen molar-refractivity contribution in [2.45, 2.75) is 20.8 Å². The molecule has 0 aliphatic carbocycles. The number of aryl methyl sites for hydroxylation is 2. The Morgan fingerprint density at radius 3 is 1.52 bits per heavy atom. The molecule has 23 heavy (non-hydrogen) atoms.